The molecule has 0 spiro atoms. The fraction of sp³-hybridized carbons (Fsp3) is 0.529. The Balaban J connectivity index is 1.68. The molecule has 0 amide bonds. The quantitative estimate of drug-likeness (QED) is 0.910. The van der Waals surface area contributed by atoms with Crippen LogP contribution in [-0.2, 0) is 13.5 Å². The van der Waals surface area contributed by atoms with Crippen molar-refractivity contribution in [1.82, 2.24) is 24.8 Å². The van der Waals surface area contributed by atoms with Gasteiger partial charge in [-0.15, -0.1) is 0 Å². The Kier molecular flexibility index (Phi) is 4.99. The molecule has 2 aromatic rings. The summed E-state index contributed by atoms with van der Waals surface area (Å²) >= 11 is 6.23. The summed E-state index contributed by atoms with van der Waals surface area (Å²) in [6, 6.07) is 4.50. The van der Waals surface area contributed by atoms with Crippen LogP contribution >= 0.6 is 11.6 Å². The topological polar surface area (TPSA) is 46.0 Å². The maximum Gasteiger partial charge on any atom is 0.0945 e. The summed E-state index contributed by atoms with van der Waals surface area (Å²) in [5.41, 5.74) is 2.24. The molecule has 1 unspecified atom stereocenters. The normalized spacial score (nSPS) is 23.3. The second-order valence-electron chi connectivity index (χ2n) is 6.57. The first-order chi connectivity index (χ1) is 11.0. The van der Waals surface area contributed by atoms with Crippen LogP contribution in [0.25, 0.3) is 0 Å². The number of aryl methyl sites for hydroxylation is 1. The van der Waals surface area contributed by atoms with E-state index in [9.17, 15) is 0 Å². The molecule has 0 bridgehead atoms. The first-order valence-electron chi connectivity index (χ1n) is 8.04. The van der Waals surface area contributed by atoms with Crippen molar-refractivity contribution in [2.45, 2.75) is 31.3 Å². The Hall–Kier alpha value is -1.43. The Morgan fingerprint density at radius 1 is 1.39 bits per heavy atom. The largest absolute Gasteiger partial charge is 0.337 e. The van der Waals surface area contributed by atoms with Crippen LogP contribution in [0, 0.1) is 0 Å². The minimum atomic E-state index is 0.314. The zero-order valence-corrected chi connectivity index (χ0v) is 14.7. The minimum Gasteiger partial charge on any atom is -0.337 e. The van der Waals surface area contributed by atoms with Gasteiger partial charge in [-0.25, -0.2) is 4.98 Å². The molecule has 6 heteroatoms. The second-order valence-corrected chi connectivity index (χ2v) is 6.97. The molecule has 0 radical (unpaired) electrons. The van der Waals surface area contributed by atoms with E-state index in [1.54, 1.807) is 6.20 Å². The van der Waals surface area contributed by atoms with Gasteiger partial charge < -0.3 is 14.8 Å². The van der Waals surface area contributed by atoms with Gasteiger partial charge in [0.25, 0.3) is 0 Å². The highest BCUT2D eigenvalue weighted by Crippen LogP contribution is 2.27. The number of aromatic nitrogens is 3. The average molecular weight is 334 g/mol. The number of imidazole rings is 1. The van der Waals surface area contributed by atoms with Crippen LogP contribution in [0.1, 0.15) is 24.2 Å². The number of likely N-dealkylation sites (N-methyl/N-ethyl adjacent to an activating group) is 1. The van der Waals surface area contributed by atoms with E-state index in [1.807, 2.05) is 24.7 Å². The maximum atomic E-state index is 6.23. The number of hydrogen-bond acceptors (Lipinski definition) is 4. The number of halogens is 1. The summed E-state index contributed by atoms with van der Waals surface area (Å²) < 4.78 is 2.12. The minimum absolute atomic E-state index is 0.314. The smallest absolute Gasteiger partial charge is 0.0945 e. The number of nitrogens with zero attached hydrogens (tertiary/aromatic N) is 4. The predicted octanol–water partition coefficient (Wildman–Crippen LogP) is 2.09. The molecular weight excluding hydrogens is 310 g/mol. The van der Waals surface area contributed by atoms with Crippen molar-refractivity contribution < 1.29 is 0 Å². The molecule has 0 aromatic carbocycles. The fourth-order valence-corrected chi connectivity index (χ4v) is 3.68. The molecule has 124 valence electrons. The Labute approximate surface area is 142 Å². The van der Waals surface area contributed by atoms with Gasteiger partial charge >= 0.3 is 0 Å². The highest BCUT2D eigenvalue weighted by Gasteiger charge is 2.34. The van der Waals surface area contributed by atoms with Gasteiger partial charge in [0.05, 0.1) is 17.0 Å². The standard InChI is InChI=1S/C17H24ClN5/c1-12(7-15-14(18)5-4-6-20-15)21-16-10-22(2)9-13(16)17-8-19-11-23(17)3/h4-6,8,11-13,16,21H,7,9-10H2,1-3H3/t12?,13-,16-/m1/s1. The lowest BCUT2D eigenvalue weighted by Gasteiger charge is -2.24. The van der Waals surface area contributed by atoms with Crippen molar-refractivity contribution in [2.24, 2.45) is 7.05 Å². The third-order valence-corrected chi connectivity index (χ3v) is 4.91. The van der Waals surface area contributed by atoms with E-state index in [2.05, 4.69) is 45.8 Å². The lowest BCUT2D eigenvalue weighted by atomic mass is 9.98. The summed E-state index contributed by atoms with van der Waals surface area (Å²) in [7, 11) is 4.24. The SMILES string of the molecule is CC(Cc1ncccc1Cl)N[C@@H]1CN(C)C[C@H]1c1cncn1C. The number of rotatable bonds is 5. The molecule has 3 atom stereocenters. The summed E-state index contributed by atoms with van der Waals surface area (Å²) in [5, 5.41) is 4.51. The third kappa shape index (κ3) is 3.74. The maximum absolute atomic E-state index is 6.23. The van der Waals surface area contributed by atoms with Crippen molar-refractivity contribution in [3.63, 3.8) is 0 Å². The summed E-state index contributed by atoms with van der Waals surface area (Å²) in [6.45, 7) is 4.29. The Morgan fingerprint density at radius 3 is 2.91 bits per heavy atom. The molecule has 3 heterocycles. The van der Waals surface area contributed by atoms with Gasteiger partial charge in [-0.05, 0) is 26.1 Å². The fourth-order valence-electron chi connectivity index (χ4n) is 3.48. The van der Waals surface area contributed by atoms with Gasteiger partial charge in [-0.2, -0.15) is 0 Å². The average Bonchev–Trinajstić information content (AvgIpc) is 3.07. The van der Waals surface area contributed by atoms with Gasteiger partial charge in [0.1, 0.15) is 0 Å². The Morgan fingerprint density at radius 2 is 2.22 bits per heavy atom. The first kappa shape index (κ1) is 16.4. The monoisotopic (exact) mass is 333 g/mol. The van der Waals surface area contributed by atoms with E-state index in [1.165, 1.54) is 5.69 Å². The van der Waals surface area contributed by atoms with Crippen LogP contribution in [0.2, 0.25) is 5.02 Å². The van der Waals surface area contributed by atoms with Crippen molar-refractivity contribution in [1.29, 1.82) is 0 Å². The number of hydrogen-bond donors (Lipinski definition) is 1. The Bertz CT molecular complexity index is 656. The van der Waals surface area contributed by atoms with E-state index in [4.69, 9.17) is 11.6 Å². The third-order valence-electron chi connectivity index (χ3n) is 4.57. The van der Waals surface area contributed by atoms with Crippen LogP contribution in [-0.4, -0.2) is 51.7 Å². The number of pyridine rings is 1. The highest BCUT2D eigenvalue weighted by molar-refractivity contribution is 6.31. The van der Waals surface area contributed by atoms with E-state index in [0.29, 0.717) is 18.0 Å². The second kappa shape index (κ2) is 6.99. The highest BCUT2D eigenvalue weighted by atomic mass is 35.5. The molecule has 1 aliphatic heterocycles. The van der Waals surface area contributed by atoms with Gasteiger partial charge in [0.15, 0.2) is 0 Å². The summed E-state index contributed by atoms with van der Waals surface area (Å²) in [4.78, 5) is 11.0. The first-order valence-corrected chi connectivity index (χ1v) is 8.42. The molecule has 23 heavy (non-hydrogen) atoms. The zero-order valence-electron chi connectivity index (χ0n) is 13.9. The van der Waals surface area contributed by atoms with E-state index in [-0.39, 0.29) is 0 Å². The van der Waals surface area contributed by atoms with Crippen LogP contribution < -0.4 is 5.32 Å². The van der Waals surface area contributed by atoms with E-state index >= 15 is 0 Å². The van der Waals surface area contributed by atoms with Gasteiger partial charge in [0.2, 0.25) is 0 Å². The summed E-state index contributed by atoms with van der Waals surface area (Å²) in [5.74, 6) is 0.453. The van der Waals surface area contributed by atoms with Crippen LogP contribution in [0.3, 0.4) is 0 Å². The van der Waals surface area contributed by atoms with E-state index in [0.717, 1.165) is 30.2 Å². The van der Waals surface area contributed by atoms with Crippen molar-refractivity contribution in [3.8, 4) is 0 Å². The number of nitrogens with one attached hydrogen (secondary N) is 1. The van der Waals surface area contributed by atoms with Crippen molar-refractivity contribution in [2.75, 3.05) is 20.1 Å². The van der Waals surface area contributed by atoms with Gasteiger partial charge in [-0.1, -0.05) is 11.6 Å². The zero-order chi connectivity index (χ0) is 16.4. The molecule has 1 fully saturated rings. The number of likely N-dealkylation sites (tertiary alicyclic amines) is 1. The van der Waals surface area contributed by atoms with Crippen molar-refractivity contribution >= 4 is 11.6 Å². The van der Waals surface area contributed by atoms with Crippen LogP contribution in [0.4, 0.5) is 0 Å². The molecule has 0 saturated carbocycles. The lowest BCUT2D eigenvalue weighted by molar-refractivity contribution is 0.383. The lowest BCUT2D eigenvalue weighted by Crippen LogP contribution is -2.42. The molecule has 1 saturated heterocycles. The van der Waals surface area contributed by atoms with Gasteiger partial charge in [0, 0.05) is 62.6 Å². The molecule has 1 aliphatic rings. The molecule has 5 nitrogen and oxygen atoms in total. The van der Waals surface area contributed by atoms with Crippen molar-refractivity contribution in [3.05, 3.63) is 47.3 Å². The predicted molar refractivity (Wildman–Crippen MR) is 92.8 cm³/mol. The summed E-state index contributed by atoms with van der Waals surface area (Å²) in [6.07, 6.45) is 6.49. The molecule has 3 rings (SSSR count). The van der Waals surface area contributed by atoms with Gasteiger partial charge in [-0.3, -0.25) is 4.98 Å². The molecule has 0 aliphatic carbocycles. The van der Waals surface area contributed by atoms with Crippen LogP contribution in [0.5, 0.6) is 0 Å². The molecular formula is C17H24ClN5. The molecule has 2 aromatic heterocycles. The van der Waals surface area contributed by atoms with E-state index < -0.39 is 0 Å². The van der Waals surface area contributed by atoms with Crippen LogP contribution in [0.15, 0.2) is 30.9 Å². The molecule has 1 N–H and O–H groups in total.